The molecule has 70 valence electrons. The van der Waals surface area contributed by atoms with Crippen molar-refractivity contribution in [1.82, 2.24) is 4.90 Å². The molecule has 1 amide bonds. The summed E-state index contributed by atoms with van der Waals surface area (Å²) in [6.07, 6.45) is 1.23. The van der Waals surface area contributed by atoms with E-state index in [4.69, 9.17) is 4.74 Å². The van der Waals surface area contributed by atoms with Crippen LogP contribution in [0.3, 0.4) is 0 Å². The lowest BCUT2D eigenvalue weighted by molar-refractivity contribution is -0.130. The highest BCUT2D eigenvalue weighted by Crippen LogP contribution is 2.13. The Balaban J connectivity index is 2.57. The quantitative estimate of drug-likeness (QED) is 0.545. The highest BCUT2D eigenvalue weighted by Gasteiger charge is 2.22. The fourth-order valence-electron chi connectivity index (χ4n) is 1.72. The van der Waals surface area contributed by atoms with Crippen molar-refractivity contribution >= 4 is 5.91 Å². The maximum atomic E-state index is 11.1. The highest BCUT2D eigenvalue weighted by atomic mass is 16.5. The van der Waals surface area contributed by atoms with Gasteiger partial charge in [-0.25, -0.2) is 0 Å². The fraction of sp³-hybridized carbons (Fsp3) is 0.889. The summed E-state index contributed by atoms with van der Waals surface area (Å²) in [7, 11) is 0. The second kappa shape index (κ2) is 3.90. The zero-order valence-corrected chi connectivity index (χ0v) is 8.04. The molecule has 0 aromatic carbocycles. The third kappa shape index (κ3) is 2.21. The Kier molecular flexibility index (Phi) is 3.09. The summed E-state index contributed by atoms with van der Waals surface area (Å²) in [6, 6.07) is 0.319. The standard InChI is InChI=1S/C9H17NO2/c1-7-6-8(2)12-5-4-10(7)9(3)11/h7-8H,4-6H2,1-3H3. The van der Waals surface area contributed by atoms with Gasteiger partial charge in [0.1, 0.15) is 0 Å². The van der Waals surface area contributed by atoms with Crippen LogP contribution in [0.2, 0.25) is 0 Å². The van der Waals surface area contributed by atoms with Gasteiger partial charge in [-0.15, -0.1) is 0 Å². The first-order chi connectivity index (χ1) is 5.61. The molecular formula is C9H17NO2. The molecule has 1 fully saturated rings. The van der Waals surface area contributed by atoms with Crippen LogP contribution in [0.1, 0.15) is 27.2 Å². The molecule has 1 heterocycles. The van der Waals surface area contributed by atoms with Crippen LogP contribution in [0.25, 0.3) is 0 Å². The van der Waals surface area contributed by atoms with Gasteiger partial charge in [0.2, 0.25) is 5.91 Å². The molecule has 1 aliphatic heterocycles. The molecule has 2 atom stereocenters. The van der Waals surface area contributed by atoms with E-state index < -0.39 is 0 Å². The third-order valence-corrected chi connectivity index (χ3v) is 2.34. The molecular weight excluding hydrogens is 154 g/mol. The van der Waals surface area contributed by atoms with Gasteiger partial charge in [-0.1, -0.05) is 0 Å². The summed E-state index contributed by atoms with van der Waals surface area (Å²) < 4.78 is 5.46. The molecule has 1 saturated heterocycles. The minimum Gasteiger partial charge on any atom is -0.377 e. The van der Waals surface area contributed by atoms with E-state index in [0.717, 1.165) is 13.0 Å². The number of hydrogen-bond donors (Lipinski definition) is 0. The summed E-state index contributed by atoms with van der Waals surface area (Å²) in [6.45, 7) is 7.16. The average Bonchev–Trinajstić information content (AvgIpc) is 2.10. The molecule has 3 heteroatoms. The molecule has 0 radical (unpaired) electrons. The van der Waals surface area contributed by atoms with Crippen molar-refractivity contribution < 1.29 is 9.53 Å². The maximum Gasteiger partial charge on any atom is 0.219 e. The zero-order chi connectivity index (χ0) is 9.14. The van der Waals surface area contributed by atoms with Crippen molar-refractivity contribution in [2.75, 3.05) is 13.2 Å². The van der Waals surface area contributed by atoms with E-state index in [1.807, 2.05) is 4.90 Å². The number of carbonyl (C=O) groups excluding carboxylic acids is 1. The molecule has 1 rings (SSSR count). The molecule has 0 saturated carbocycles. The van der Waals surface area contributed by atoms with Crippen molar-refractivity contribution in [1.29, 1.82) is 0 Å². The van der Waals surface area contributed by atoms with Gasteiger partial charge in [0.25, 0.3) is 0 Å². The second-order valence-electron chi connectivity index (χ2n) is 3.48. The predicted molar refractivity (Wildman–Crippen MR) is 46.9 cm³/mol. The summed E-state index contributed by atoms with van der Waals surface area (Å²) in [5, 5.41) is 0. The van der Waals surface area contributed by atoms with E-state index in [1.165, 1.54) is 0 Å². The first kappa shape index (κ1) is 9.52. The number of ether oxygens (including phenoxy) is 1. The van der Waals surface area contributed by atoms with Gasteiger partial charge >= 0.3 is 0 Å². The average molecular weight is 171 g/mol. The molecule has 3 nitrogen and oxygen atoms in total. The van der Waals surface area contributed by atoms with Crippen LogP contribution in [-0.2, 0) is 9.53 Å². The lowest BCUT2D eigenvalue weighted by Gasteiger charge is -2.25. The molecule has 0 aromatic heterocycles. The monoisotopic (exact) mass is 171 g/mol. The zero-order valence-electron chi connectivity index (χ0n) is 8.04. The first-order valence-electron chi connectivity index (χ1n) is 4.50. The van der Waals surface area contributed by atoms with Crippen LogP contribution in [0.5, 0.6) is 0 Å². The van der Waals surface area contributed by atoms with Gasteiger partial charge < -0.3 is 9.64 Å². The Morgan fingerprint density at radius 1 is 1.50 bits per heavy atom. The Morgan fingerprint density at radius 3 is 2.75 bits per heavy atom. The van der Waals surface area contributed by atoms with Gasteiger partial charge in [0, 0.05) is 19.5 Å². The predicted octanol–water partition coefficient (Wildman–Crippen LogP) is 1.03. The second-order valence-corrected chi connectivity index (χ2v) is 3.48. The molecule has 2 unspecified atom stereocenters. The summed E-state index contributed by atoms with van der Waals surface area (Å²) in [4.78, 5) is 13.0. The molecule has 0 aromatic rings. The van der Waals surface area contributed by atoms with E-state index >= 15 is 0 Å². The van der Waals surface area contributed by atoms with Crippen LogP contribution in [0, 0.1) is 0 Å². The summed E-state index contributed by atoms with van der Waals surface area (Å²) >= 11 is 0. The minimum absolute atomic E-state index is 0.153. The van der Waals surface area contributed by atoms with Gasteiger partial charge in [-0.3, -0.25) is 4.79 Å². The molecule has 0 aliphatic carbocycles. The van der Waals surface area contributed by atoms with Crippen molar-refractivity contribution in [2.45, 2.75) is 39.3 Å². The van der Waals surface area contributed by atoms with Gasteiger partial charge in [-0.2, -0.15) is 0 Å². The van der Waals surface area contributed by atoms with Gasteiger partial charge in [0.05, 0.1) is 12.7 Å². The maximum absolute atomic E-state index is 11.1. The smallest absolute Gasteiger partial charge is 0.219 e. The molecule has 0 spiro atoms. The third-order valence-electron chi connectivity index (χ3n) is 2.34. The van der Waals surface area contributed by atoms with Crippen LogP contribution in [0.15, 0.2) is 0 Å². The summed E-state index contributed by atoms with van der Waals surface area (Å²) in [5.74, 6) is 0.153. The minimum atomic E-state index is 0.153. The molecule has 1 aliphatic rings. The number of carbonyl (C=O) groups is 1. The molecule has 12 heavy (non-hydrogen) atoms. The van der Waals surface area contributed by atoms with Gasteiger partial charge in [0.15, 0.2) is 0 Å². The fourth-order valence-corrected chi connectivity index (χ4v) is 1.72. The molecule has 0 N–H and O–H groups in total. The van der Waals surface area contributed by atoms with Crippen molar-refractivity contribution in [2.24, 2.45) is 0 Å². The van der Waals surface area contributed by atoms with E-state index in [2.05, 4.69) is 13.8 Å². The first-order valence-corrected chi connectivity index (χ1v) is 4.50. The van der Waals surface area contributed by atoms with Crippen LogP contribution in [0.4, 0.5) is 0 Å². The Morgan fingerprint density at radius 2 is 2.17 bits per heavy atom. The van der Waals surface area contributed by atoms with Crippen molar-refractivity contribution in [3.63, 3.8) is 0 Å². The number of rotatable bonds is 0. The largest absolute Gasteiger partial charge is 0.377 e. The number of amides is 1. The van der Waals surface area contributed by atoms with E-state index in [1.54, 1.807) is 6.92 Å². The van der Waals surface area contributed by atoms with E-state index in [9.17, 15) is 4.79 Å². The van der Waals surface area contributed by atoms with Crippen LogP contribution >= 0.6 is 0 Å². The highest BCUT2D eigenvalue weighted by molar-refractivity contribution is 5.73. The van der Waals surface area contributed by atoms with E-state index in [0.29, 0.717) is 12.6 Å². The SMILES string of the molecule is CC(=O)N1CCOC(C)CC1C. The topological polar surface area (TPSA) is 29.5 Å². The van der Waals surface area contributed by atoms with Crippen molar-refractivity contribution in [3.8, 4) is 0 Å². The van der Waals surface area contributed by atoms with Crippen LogP contribution in [-0.4, -0.2) is 36.1 Å². The Bertz CT molecular complexity index is 170. The summed E-state index contributed by atoms with van der Waals surface area (Å²) in [5.41, 5.74) is 0. The lowest BCUT2D eigenvalue weighted by Crippen LogP contribution is -2.37. The number of hydrogen-bond acceptors (Lipinski definition) is 2. The van der Waals surface area contributed by atoms with Gasteiger partial charge in [-0.05, 0) is 20.3 Å². The Hall–Kier alpha value is -0.570. The molecule has 0 bridgehead atoms. The van der Waals surface area contributed by atoms with Crippen LogP contribution < -0.4 is 0 Å². The number of nitrogens with zero attached hydrogens (tertiary/aromatic N) is 1. The lowest BCUT2D eigenvalue weighted by atomic mass is 10.1. The normalized spacial score (nSPS) is 31.4. The van der Waals surface area contributed by atoms with E-state index in [-0.39, 0.29) is 12.0 Å². The van der Waals surface area contributed by atoms with Crippen molar-refractivity contribution in [3.05, 3.63) is 0 Å². The Labute approximate surface area is 73.7 Å².